The number of amides is 2. The molecule has 116 valence electrons. The predicted octanol–water partition coefficient (Wildman–Crippen LogP) is 2.84. The Balaban J connectivity index is 2.00. The van der Waals surface area contributed by atoms with Crippen LogP contribution in [0.3, 0.4) is 0 Å². The number of pyridine rings is 1. The summed E-state index contributed by atoms with van der Waals surface area (Å²) in [6, 6.07) is 1.50. The molecule has 0 radical (unpaired) electrons. The average Bonchev–Trinajstić information content (AvgIpc) is 2.50. The summed E-state index contributed by atoms with van der Waals surface area (Å²) in [6.07, 6.45) is 9.08. The topological polar surface area (TPSA) is 74.2 Å². The summed E-state index contributed by atoms with van der Waals surface area (Å²) in [7, 11) is 0. The minimum absolute atomic E-state index is 0.0413. The average molecular weight is 291 g/mol. The van der Waals surface area contributed by atoms with Gasteiger partial charge in [-0.1, -0.05) is 19.3 Å². The van der Waals surface area contributed by atoms with Crippen molar-refractivity contribution >= 4 is 11.7 Å². The minimum Gasteiger partial charge on any atom is -0.394 e. The van der Waals surface area contributed by atoms with Crippen molar-refractivity contribution in [2.45, 2.75) is 51.5 Å². The zero-order valence-electron chi connectivity index (χ0n) is 12.9. The molecule has 5 nitrogen and oxygen atoms in total. The van der Waals surface area contributed by atoms with E-state index in [0.29, 0.717) is 5.92 Å². The van der Waals surface area contributed by atoms with E-state index in [9.17, 15) is 9.90 Å². The number of nitrogens with zero attached hydrogens (tertiary/aromatic N) is 1. The number of urea groups is 1. The van der Waals surface area contributed by atoms with Crippen molar-refractivity contribution in [2.75, 3.05) is 11.9 Å². The van der Waals surface area contributed by atoms with Gasteiger partial charge >= 0.3 is 6.03 Å². The first-order chi connectivity index (χ1) is 10.0. The molecule has 1 heterocycles. The van der Waals surface area contributed by atoms with E-state index in [1.54, 1.807) is 18.5 Å². The van der Waals surface area contributed by atoms with Gasteiger partial charge in [0, 0.05) is 18.1 Å². The molecule has 0 aliphatic heterocycles. The first-order valence-corrected chi connectivity index (χ1v) is 7.66. The van der Waals surface area contributed by atoms with Gasteiger partial charge in [0.2, 0.25) is 0 Å². The van der Waals surface area contributed by atoms with Crippen molar-refractivity contribution in [1.82, 2.24) is 10.3 Å². The first-order valence-electron chi connectivity index (χ1n) is 7.66. The molecule has 21 heavy (non-hydrogen) atoms. The van der Waals surface area contributed by atoms with E-state index < -0.39 is 5.54 Å². The summed E-state index contributed by atoms with van der Waals surface area (Å²) < 4.78 is 0. The maximum absolute atomic E-state index is 12.2. The quantitative estimate of drug-likeness (QED) is 0.798. The molecule has 0 spiro atoms. The number of aliphatic hydroxyl groups excluding tert-OH is 1. The van der Waals surface area contributed by atoms with Gasteiger partial charge in [-0.25, -0.2) is 4.79 Å². The number of aryl methyl sites for hydroxylation is 1. The third-order valence-corrected chi connectivity index (χ3v) is 4.50. The van der Waals surface area contributed by atoms with Crippen molar-refractivity contribution in [3.63, 3.8) is 0 Å². The minimum atomic E-state index is -0.564. The zero-order chi connectivity index (χ0) is 15.3. The zero-order valence-corrected chi connectivity index (χ0v) is 12.9. The number of carbonyl (C=O) groups is 1. The van der Waals surface area contributed by atoms with Crippen LogP contribution < -0.4 is 10.6 Å². The number of aromatic nitrogens is 1. The van der Waals surface area contributed by atoms with Gasteiger partial charge in [0.1, 0.15) is 0 Å². The molecule has 1 unspecified atom stereocenters. The number of carbonyl (C=O) groups excluding carboxylic acids is 1. The molecule has 0 saturated heterocycles. The number of hydrogen-bond acceptors (Lipinski definition) is 3. The van der Waals surface area contributed by atoms with Gasteiger partial charge in [0.25, 0.3) is 0 Å². The molecule has 2 rings (SSSR count). The van der Waals surface area contributed by atoms with Crippen LogP contribution in [-0.2, 0) is 0 Å². The lowest BCUT2D eigenvalue weighted by molar-refractivity contribution is 0.103. The molecule has 1 aromatic heterocycles. The molecule has 0 bridgehead atoms. The van der Waals surface area contributed by atoms with Crippen molar-refractivity contribution in [1.29, 1.82) is 0 Å². The Morgan fingerprint density at radius 2 is 2.14 bits per heavy atom. The molecule has 5 heteroatoms. The number of hydrogen-bond donors (Lipinski definition) is 3. The molecule has 2 amide bonds. The van der Waals surface area contributed by atoms with Crippen LogP contribution in [0.4, 0.5) is 10.5 Å². The second-order valence-corrected chi connectivity index (χ2v) is 6.18. The van der Waals surface area contributed by atoms with E-state index in [1.165, 1.54) is 19.3 Å². The van der Waals surface area contributed by atoms with E-state index in [0.717, 1.165) is 24.1 Å². The fourth-order valence-corrected chi connectivity index (χ4v) is 3.04. The van der Waals surface area contributed by atoms with E-state index in [1.807, 2.05) is 13.8 Å². The number of anilines is 1. The Morgan fingerprint density at radius 3 is 2.76 bits per heavy atom. The van der Waals surface area contributed by atoms with Crippen LogP contribution in [-0.4, -0.2) is 28.3 Å². The Kier molecular flexibility index (Phi) is 5.17. The molecular weight excluding hydrogens is 266 g/mol. The second kappa shape index (κ2) is 6.89. The van der Waals surface area contributed by atoms with Gasteiger partial charge in [-0.2, -0.15) is 0 Å². The van der Waals surface area contributed by atoms with E-state index in [-0.39, 0.29) is 12.6 Å². The highest BCUT2D eigenvalue weighted by Gasteiger charge is 2.35. The Labute approximate surface area is 126 Å². The third kappa shape index (κ3) is 3.94. The van der Waals surface area contributed by atoms with Gasteiger partial charge in [-0.05, 0) is 44.2 Å². The SMILES string of the molecule is Cc1cnccc1NC(=O)NC(C)(CO)C1CCCCC1. The molecule has 1 aliphatic rings. The lowest BCUT2D eigenvalue weighted by atomic mass is 9.76. The van der Waals surface area contributed by atoms with Gasteiger partial charge in [0.15, 0.2) is 0 Å². The fraction of sp³-hybridized carbons (Fsp3) is 0.625. The lowest BCUT2D eigenvalue weighted by Crippen LogP contribution is -2.55. The van der Waals surface area contributed by atoms with Crippen LogP contribution in [0.25, 0.3) is 0 Å². The number of nitrogens with one attached hydrogen (secondary N) is 2. The van der Waals surface area contributed by atoms with E-state index in [2.05, 4.69) is 15.6 Å². The fourth-order valence-electron chi connectivity index (χ4n) is 3.04. The Hall–Kier alpha value is -1.62. The van der Waals surface area contributed by atoms with Crippen molar-refractivity contribution < 1.29 is 9.90 Å². The van der Waals surface area contributed by atoms with Crippen LogP contribution in [0.2, 0.25) is 0 Å². The van der Waals surface area contributed by atoms with Crippen LogP contribution >= 0.6 is 0 Å². The van der Waals surface area contributed by atoms with Crippen LogP contribution in [0.1, 0.15) is 44.6 Å². The highest BCUT2D eigenvalue weighted by molar-refractivity contribution is 5.90. The molecule has 3 N–H and O–H groups in total. The standard InChI is InChI=1S/C16H25N3O2/c1-12-10-17-9-8-14(12)18-15(21)19-16(2,11-20)13-6-4-3-5-7-13/h8-10,13,20H,3-7,11H2,1-2H3,(H2,17,18,19,21). The number of aliphatic hydroxyl groups is 1. The normalized spacial score (nSPS) is 18.8. The Bertz CT molecular complexity index is 486. The maximum atomic E-state index is 12.2. The van der Waals surface area contributed by atoms with Crippen LogP contribution in [0.5, 0.6) is 0 Å². The highest BCUT2D eigenvalue weighted by atomic mass is 16.3. The summed E-state index contributed by atoms with van der Waals surface area (Å²) >= 11 is 0. The summed E-state index contributed by atoms with van der Waals surface area (Å²) in [5.74, 6) is 0.334. The number of rotatable bonds is 4. The van der Waals surface area contributed by atoms with E-state index in [4.69, 9.17) is 0 Å². The summed E-state index contributed by atoms with van der Waals surface area (Å²) in [5, 5.41) is 15.6. The van der Waals surface area contributed by atoms with Crippen LogP contribution in [0, 0.1) is 12.8 Å². The molecule has 1 aliphatic carbocycles. The molecule has 1 atom stereocenters. The van der Waals surface area contributed by atoms with Crippen LogP contribution in [0.15, 0.2) is 18.5 Å². The second-order valence-electron chi connectivity index (χ2n) is 6.18. The molecule has 1 aromatic rings. The summed E-state index contributed by atoms with van der Waals surface area (Å²) in [6.45, 7) is 3.79. The molecule has 1 saturated carbocycles. The predicted molar refractivity (Wildman–Crippen MR) is 83.2 cm³/mol. The molecule has 1 fully saturated rings. The maximum Gasteiger partial charge on any atom is 0.319 e. The largest absolute Gasteiger partial charge is 0.394 e. The molecule has 0 aromatic carbocycles. The highest BCUT2D eigenvalue weighted by Crippen LogP contribution is 2.32. The Morgan fingerprint density at radius 1 is 1.43 bits per heavy atom. The van der Waals surface area contributed by atoms with Crippen molar-refractivity contribution in [2.24, 2.45) is 5.92 Å². The summed E-state index contributed by atoms with van der Waals surface area (Å²) in [5.41, 5.74) is 1.09. The lowest BCUT2D eigenvalue weighted by Gasteiger charge is -2.39. The van der Waals surface area contributed by atoms with E-state index >= 15 is 0 Å². The summed E-state index contributed by atoms with van der Waals surface area (Å²) in [4.78, 5) is 16.2. The monoisotopic (exact) mass is 291 g/mol. The smallest absolute Gasteiger partial charge is 0.319 e. The van der Waals surface area contributed by atoms with Gasteiger partial charge in [-0.15, -0.1) is 0 Å². The third-order valence-electron chi connectivity index (χ3n) is 4.50. The molecular formula is C16H25N3O2. The van der Waals surface area contributed by atoms with Gasteiger partial charge < -0.3 is 15.7 Å². The van der Waals surface area contributed by atoms with Crippen molar-refractivity contribution in [3.8, 4) is 0 Å². The van der Waals surface area contributed by atoms with Gasteiger partial charge in [-0.3, -0.25) is 4.98 Å². The first kappa shape index (κ1) is 15.8. The van der Waals surface area contributed by atoms with Crippen molar-refractivity contribution in [3.05, 3.63) is 24.0 Å². The van der Waals surface area contributed by atoms with Gasteiger partial charge in [0.05, 0.1) is 12.1 Å².